The van der Waals surface area contributed by atoms with Crippen LogP contribution in [-0.2, 0) is 19.7 Å². The third kappa shape index (κ3) is 2.85. The van der Waals surface area contributed by atoms with Gasteiger partial charge in [0.15, 0.2) is 0 Å². The lowest BCUT2D eigenvalue weighted by Gasteiger charge is -2.26. The summed E-state index contributed by atoms with van der Waals surface area (Å²) in [6.07, 6.45) is 0.361. The van der Waals surface area contributed by atoms with Gasteiger partial charge in [-0.25, -0.2) is 0 Å². The Morgan fingerprint density at radius 1 is 1.42 bits per heavy atom. The Balaban J connectivity index is 2.39. The number of methoxy groups -OCH3 is 1. The zero-order chi connectivity index (χ0) is 14.0. The van der Waals surface area contributed by atoms with Gasteiger partial charge in [-0.1, -0.05) is 29.3 Å². The molecule has 1 saturated heterocycles. The molecule has 1 N–H and O–H groups in total. The maximum atomic E-state index is 11.6. The summed E-state index contributed by atoms with van der Waals surface area (Å²) in [5, 5.41) is 3.60. The molecule has 0 radical (unpaired) electrons. The summed E-state index contributed by atoms with van der Waals surface area (Å²) in [5.41, 5.74) is 0.198. The van der Waals surface area contributed by atoms with E-state index >= 15 is 0 Å². The van der Waals surface area contributed by atoms with E-state index in [0.29, 0.717) is 16.6 Å². The van der Waals surface area contributed by atoms with E-state index in [1.54, 1.807) is 18.2 Å². The lowest BCUT2D eigenvalue weighted by molar-refractivity contribution is -0.142. The van der Waals surface area contributed by atoms with Crippen LogP contribution >= 0.6 is 23.2 Å². The van der Waals surface area contributed by atoms with Crippen molar-refractivity contribution in [3.63, 3.8) is 0 Å². The predicted molar refractivity (Wildman–Crippen MR) is 72.4 cm³/mol. The molecule has 19 heavy (non-hydrogen) atoms. The Kier molecular flexibility index (Phi) is 4.02. The van der Waals surface area contributed by atoms with Crippen LogP contribution < -0.4 is 5.32 Å². The molecule has 4 nitrogen and oxygen atoms in total. The van der Waals surface area contributed by atoms with Gasteiger partial charge in [0, 0.05) is 18.4 Å². The minimum atomic E-state index is -0.613. The van der Waals surface area contributed by atoms with Crippen LogP contribution in [0, 0.1) is 0 Å². The molecule has 1 atom stereocenters. The second-order valence-electron chi connectivity index (χ2n) is 4.62. The molecule has 1 heterocycles. The number of carbonyl (C=O) groups excluding carboxylic acids is 2. The van der Waals surface area contributed by atoms with E-state index in [4.69, 9.17) is 27.9 Å². The summed E-state index contributed by atoms with van der Waals surface area (Å²) in [6.45, 7) is 0.388. The highest BCUT2D eigenvalue weighted by Crippen LogP contribution is 2.37. The van der Waals surface area contributed by atoms with Crippen molar-refractivity contribution in [2.24, 2.45) is 0 Å². The number of benzene rings is 1. The van der Waals surface area contributed by atoms with E-state index in [-0.39, 0.29) is 24.7 Å². The molecule has 1 aliphatic rings. The van der Waals surface area contributed by atoms with Crippen molar-refractivity contribution >= 4 is 35.1 Å². The van der Waals surface area contributed by atoms with Crippen molar-refractivity contribution in [1.29, 1.82) is 0 Å². The molecule has 1 aromatic rings. The molecule has 1 amide bonds. The van der Waals surface area contributed by atoms with Crippen molar-refractivity contribution in [2.75, 3.05) is 13.7 Å². The molecule has 0 bridgehead atoms. The maximum Gasteiger partial charge on any atom is 0.306 e. The van der Waals surface area contributed by atoms with E-state index in [1.807, 2.05) is 0 Å². The first-order valence-electron chi connectivity index (χ1n) is 5.76. The average molecular weight is 302 g/mol. The number of halogens is 2. The molecule has 2 rings (SSSR count). The van der Waals surface area contributed by atoms with E-state index in [9.17, 15) is 9.59 Å². The summed E-state index contributed by atoms with van der Waals surface area (Å²) in [4.78, 5) is 23.1. The summed E-state index contributed by atoms with van der Waals surface area (Å²) in [5.74, 6) is -0.447. The van der Waals surface area contributed by atoms with Gasteiger partial charge in [0.05, 0.1) is 23.6 Å². The summed E-state index contributed by atoms with van der Waals surface area (Å²) in [6, 6.07) is 5.16. The minimum absolute atomic E-state index is 0.0880. The number of ether oxygens (including phenoxy) is 1. The molecular weight excluding hydrogens is 289 g/mol. The Morgan fingerprint density at radius 3 is 2.68 bits per heavy atom. The normalized spacial score (nSPS) is 22.2. The number of hydrogen-bond donors (Lipinski definition) is 1. The van der Waals surface area contributed by atoms with Gasteiger partial charge in [0.1, 0.15) is 0 Å². The number of nitrogens with one attached hydrogen (secondary N) is 1. The highest BCUT2D eigenvalue weighted by molar-refractivity contribution is 6.42. The maximum absolute atomic E-state index is 11.6. The van der Waals surface area contributed by atoms with Gasteiger partial charge < -0.3 is 10.1 Å². The first-order chi connectivity index (χ1) is 8.97. The summed E-state index contributed by atoms with van der Waals surface area (Å²) in [7, 11) is 1.33. The van der Waals surface area contributed by atoms with Crippen molar-refractivity contribution < 1.29 is 14.3 Å². The number of esters is 1. The number of carbonyl (C=O) groups is 2. The summed E-state index contributed by atoms with van der Waals surface area (Å²) < 4.78 is 4.71. The molecule has 0 aliphatic carbocycles. The van der Waals surface area contributed by atoms with Gasteiger partial charge in [-0.15, -0.1) is 0 Å². The lowest BCUT2D eigenvalue weighted by atomic mass is 9.77. The van der Waals surface area contributed by atoms with Gasteiger partial charge in [0.2, 0.25) is 5.91 Å². The third-order valence-corrected chi connectivity index (χ3v) is 4.10. The predicted octanol–water partition coefficient (Wildman–Crippen LogP) is 2.31. The van der Waals surface area contributed by atoms with Gasteiger partial charge in [-0.05, 0) is 17.7 Å². The molecule has 1 unspecified atom stereocenters. The molecule has 0 aromatic heterocycles. The monoisotopic (exact) mass is 301 g/mol. The third-order valence-electron chi connectivity index (χ3n) is 3.37. The molecule has 102 valence electrons. The Hall–Kier alpha value is -1.26. The first kappa shape index (κ1) is 14.2. The second-order valence-corrected chi connectivity index (χ2v) is 5.43. The Morgan fingerprint density at radius 2 is 2.16 bits per heavy atom. The molecule has 6 heteroatoms. The SMILES string of the molecule is COC(=O)CC1(c2ccc(Cl)c(Cl)c2)CNC(=O)C1. The van der Waals surface area contributed by atoms with E-state index < -0.39 is 5.41 Å². The molecule has 1 aromatic carbocycles. The number of amides is 1. The average Bonchev–Trinajstić information content (AvgIpc) is 2.75. The van der Waals surface area contributed by atoms with Crippen molar-refractivity contribution in [1.82, 2.24) is 5.32 Å². The van der Waals surface area contributed by atoms with Crippen LogP contribution in [-0.4, -0.2) is 25.5 Å². The van der Waals surface area contributed by atoms with Crippen LogP contribution in [0.4, 0.5) is 0 Å². The van der Waals surface area contributed by atoms with Crippen LogP contribution in [0.15, 0.2) is 18.2 Å². The Labute approximate surface area is 121 Å². The van der Waals surface area contributed by atoms with Crippen LogP contribution in [0.5, 0.6) is 0 Å². The smallest absolute Gasteiger partial charge is 0.306 e. The van der Waals surface area contributed by atoms with Crippen molar-refractivity contribution in [2.45, 2.75) is 18.3 Å². The largest absolute Gasteiger partial charge is 0.469 e. The van der Waals surface area contributed by atoms with E-state index in [2.05, 4.69) is 5.32 Å². The van der Waals surface area contributed by atoms with Crippen LogP contribution in [0.1, 0.15) is 18.4 Å². The van der Waals surface area contributed by atoms with Crippen LogP contribution in [0.2, 0.25) is 10.0 Å². The van der Waals surface area contributed by atoms with Crippen LogP contribution in [0.3, 0.4) is 0 Å². The molecule has 0 spiro atoms. The van der Waals surface area contributed by atoms with Gasteiger partial charge in [-0.3, -0.25) is 9.59 Å². The van der Waals surface area contributed by atoms with Gasteiger partial charge in [-0.2, -0.15) is 0 Å². The second kappa shape index (κ2) is 5.39. The fourth-order valence-electron chi connectivity index (χ4n) is 2.31. The quantitative estimate of drug-likeness (QED) is 0.872. The Bertz CT molecular complexity index is 533. The van der Waals surface area contributed by atoms with E-state index in [1.165, 1.54) is 7.11 Å². The lowest BCUT2D eigenvalue weighted by Crippen LogP contribution is -2.32. The topological polar surface area (TPSA) is 55.4 Å². The highest BCUT2D eigenvalue weighted by Gasteiger charge is 2.42. The first-order valence-corrected chi connectivity index (χ1v) is 6.51. The fraction of sp³-hybridized carbons (Fsp3) is 0.385. The fourth-order valence-corrected chi connectivity index (χ4v) is 2.60. The highest BCUT2D eigenvalue weighted by atomic mass is 35.5. The van der Waals surface area contributed by atoms with E-state index in [0.717, 1.165) is 5.56 Å². The van der Waals surface area contributed by atoms with Crippen LogP contribution in [0.25, 0.3) is 0 Å². The standard InChI is InChI=1S/C13H13Cl2NO3/c1-19-12(18)6-13(5-11(17)16-7-13)8-2-3-9(14)10(15)4-8/h2-4H,5-7H2,1H3,(H,16,17). The van der Waals surface area contributed by atoms with Gasteiger partial charge in [0.25, 0.3) is 0 Å². The molecular formula is C13H13Cl2NO3. The minimum Gasteiger partial charge on any atom is -0.469 e. The molecule has 1 fully saturated rings. The molecule has 1 aliphatic heterocycles. The summed E-state index contributed by atoms with van der Waals surface area (Å²) >= 11 is 11.9. The van der Waals surface area contributed by atoms with Crippen molar-refractivity contribution in [3.8, 4) is 0 Å². The number of rotatable bonds is 3. The zero-order valence-electron chi connectivity index (χ0n) is 10.3. The van der Waals surface area contributed by atoms with Gasteiger partial charge >= 0.3 is 5.97 Å². The zero-order valence-corrected chi connectivity index (χ0v) is 11.8. The molecule has 0 saturated carbocycles. The number of hydrogen-bond acceptors (Lipinski definition) is 3. The van der Waals surface area contributed by atoms with Crippen molar-refractivity contribution in [3.05, 3.63) is 33.8 Å².